The number of carbonyl (C=O) groups excluding carboxylic acids is 1. The molecule has 0 spiro atoms. The van der Waals surface area contributed by atoms with Crippen LogP contribution >= 0.6 is 0 Å². The number of hydrazine groups is 1. The van der Waals surface area contributed by atoms with Crippen molar-refractivity contribution in [2.75, 3.05) is 6.61 Å². The molecule has 0 unspecified atom stereocenters. The first kappa shape index (κ1) is 11.5. The number of rotatable bonds is 5. The van der Waals surface area contributed by atoms with Gasteiger partial charge in [-0.3, -0.25) is 5.43 Å². The molecule has 0 aliphatic carbocycles. The van der Waals surface area contributed by atoms with Crippen LogP contribution in [0.25, 0.3) is 0 Å². The highest BCUT2D eigenvalue weighted by atomic mass is 16.5. The zero-order valence-electron chi connectivity index (χ0n) is 8.61. The van der Waals surface area contributed by atoms with Crippen LogP contribution < -0.4 is 11.3 Å². The number of ether oxygens (including phenoxy) is 1. The summed E-state index contributed by atoms with van der Waals surface area (Å²) in [6.07, 6.45) is 2.29. The second-order valence-corrected chi connectivity index (χ2v) is 3.22. The minimum atomic E-state index is -0.574. The Morgan fingerprint density at radius 1 is 1.27 bits per heavy atom. The molecule has 4 nitrogen and oxygen atoms in total. The van der Waals surface area contributed by atoms with Crippen LogP contribution in [0.1, 0.15) is 18.4 Å². The minimum absolute atomic E-state index is 0.413. The maximum atomic E-state index is 10.6. The maximum Gasteiger partial charge on any atom is 0.421 e. The lowest BCUT2D eigenvalue weighted by Gasteiger charge is -2.03. The lowest BCUT2D eigenvalue weighted by atomic mass is 10.1. The fourth-order valence-electron chi connectivity index (χ4n) is 1.28. The van der Waals surface area contributed by atoms with E-state index in [-0.39, 0.29) is 0 Å². The normalized spacial score (nSPS) is 9.67. The molecular weight excluding hydrogens is 192 g/mol. The smallest absolute Gasteiger partial charge is 0.421 e. The quantitative estimate of drug-likeness (QED) is 0.334. The summed E-state index contributed by atoms with van der Waals surface area (Å²) in [6.45, 7) is 0.413. The average Bonchev–Trinajstić information content (AvgIpc) is 2.29. The molecule has 0 bridgehead atoms. The van der Waals surface area contributed by atoms with Crippen molar-refractivity contribution in [3.05, 3.63) is 35.9 Å². The largest absolute Gasteiger partial charge is 0.449 e. The molecule has 0 aliphatic heterocycles. The fraction of sp³-hybridized carbons (Fsp3) is 0.364. The molecule has 0 atom stereocenters. The second-order valence-electron chi connectivity index (χ2n) is 3.22. The summed E-state index contributed by atoms with van der Waals surface area (Å²) in [5.74, 6) is 4.85. The predicted molar refractivity (Wildman–Crippen MR) is 58.1 cm³/mol. The molecule has 0 saturated heterocycles. The molecule has 1 amide bonds. The van der Waals surface area contributed by atoms with E-state index in [2.05, 4.69) is 12.1 Å². The van der Waals surface area contributed by atoms with E-state index in [0.29, 0.717) is 6.61 Å². The Morgan fingerprint density at radius 2 is 2.00 bits per heavy atom. The summed E-state index contributed by atoms with van der Waals surface area (Å²) in [4.78, 5) is 10.6. The van der Waals surface area contributed by atoms with Gasteiger partial charge in [-0.05, 0) is 24.8 Å². The molecule has 1 aromatic rings. The van der Waals surface area contributed by atoms with Crippen molar-refractivity contribution in [1.29, 1.82) is 0 Å². The van der Waals surface area contributed by atoms with Gasteiger partial charge >= 0.3 is 6.09 Å². The number of hydrogen-bond acceptors (Lipinski definition) is 3. The number of nitrogens with one attached hydrogen (secondary N) is 1. The SMILES string of the molecule is NNC(=O)OCCCCc1ccccc1. The van der Waals surface area contributed by atoms with Gasteiger partial charge in [0, 0.05) is 0 Å². The Kier molecular flexibility index (Phi) is 5.25. The number of carbonyl (C=O) groups is 1. The van der Waals surface area contributed by atoms with E-state index in [9.17, 15) is 4.79 Å². The summed E-state index contributed by atoms with van der Waals surface area (Å²) < 4.78 is 4.75. The molecule has 82 valence electrons. The van der Waals surface area contributed by atoms with Crippen molar-refractivity contribution in [3.8, 4) is 0 Å². The fourth-order valence-corrected chi connectivity index (χ4v) is 1.28. The van der Waals surface area contributed by atoms with E-state index >= 15 is 0 Å². The Hall–Kier alpha value is -1.55. The highest BCUT2D eigenvalue weighted by Crippen LogP contribution is 2.04. The van der Waals surface area contributed by atoms with Gasteiger partial charge in [-0.25, -0.2) is 10.6 Å². The van der Waals surface area contributed by atoms with Gasteiger partial charge in [-0.2, -0.15) is 0 Å². The van der Waals surface area contributed by atoms with Crippen LogP contribution in [0.15, 0.2) is 30.3 Å². The van der Waals surface area contributed by atoms with Crippen molar-refractivity contribution in [2.24, 2.45) is 5.84 Å². The van der Waals surface area contributed by atoms with E-state index in [1.807, 2.05) is 23.6 Å². The van der Waals surface area contributed by atoms with Crippen molar-refractivity contribution < 1.29 is 9.53 Å². The predicted octanol–water partition coefficient (Wildman–Crippen LogP) is 1.61. The van der Waals surface area contributed by atoms with E-state index in [4.69, 9.17) is 10.6 Å². The number of amides is 1. The zero-order valence-corrected chi connectivity index (χ0v) is 8.61. The first-order valence-corrected chi connectivity index (χ1v) is 5.00. The molecule has 0 aliphatic rings. The third kappa shape index (κ3) is 5.02. The van der Waals surface area contributed by atoms with Crippen LogP contribution in [0.2, 0.25) is 0 Å². The van der Waals surface area contributed by atoms with Crippen LogP contribution in [0.3, 0.4) is 0 Å². The van der Waals surface area contributed by atoms with Gasteiger partial charge in [0.15, 0.2) is 0 Å². The Morgan fingerprint density at radius 3 is 2.67 bits per heavy atom. The Labute approximate surface area is 89.4 Å². The van der Waals surface area contributed by atoms with Crippen molar-refractivity contribution >= 4 is 6.09 Å². The van der Waals surface area contributed by atoms with Crippen LogP contribution in [-0.2, 0) is 11.2 Å². The van der Waals surface area contributed by atoms with E-state index < -0.39 is 6.09 Å². The van der Waals surface area contributed by atoms with Gasteiger partial charge in [0.1, 0.15) is 0 Å². The first-order valence-electron chi connectivity index (χ1n) is 5.00. The van der Waals surface area contributed by atoms with E-state index in [1.165, 1.54) is 5.56 Å². The van der Waals surface area contributed by atoms with Gasteiger partial charge in [-0.15, -0.1) is 0 Å². The van der Waals surface area contributed by atoms with Crippen LogP contribution in [-0.4, -0.2) is 12.7 Å². The summed E-state index contributed by atoms with van der Waals surface area (Å²) >= 11 is 0. The summed E-state index contributed by atoms with van der Waals surface area (Å²) in [6, 6.07) is 10.2. The van der Waals surface area contributed by atoms with Gasteiger partial charge in [0.2, 0.25) is 0 Å². The minimum Gasteiger partial charge on any atom is -0.449 e. The van der Waals surface area contributed by atoms with Crippen molar-refractivity contribution in [2.45, 2.75) is 19.3 Å². The lowest BCUT2D eigenvalue weighted by molar-refractivity contribution is 0.144. The third-order valence-electron chi connectivity index (χ3n) is 2.05. The first-order chi connectivity index (χ1) is 7.33. The number of unbranched alkanes of at least 4 members (excludes halogenated alkanes) is 1. The Balaban J connectivity index is 2.05. The summed E-state index contributed by atoms with van der Waals surface area (Å²) in [5.41, 5.74) is 3.22. The highest BCUT2D eigenvalue weighted by molar-refractivity contribution is 5.66. The van der Waals surface area contributed by atoms with Crippen LogP contribution in [0, 0.1) is 0 Å². The highest BCUT2D eigenvalue weighted by Gasteiger charge is 1.97. The Bertz CT molecular complexity index is 288. The van der Waals surface area contributed by atoms with Gasteiger partial charge in [0.05, 0.1) is 6.61 Å². The number of hydrogen-bond donors (Lipinski definition) is 2. The molecule has 4 heteroatoms. The molecule has 0 fully saturated rings. The molecule has 0 saturated carbocycles. The molecule has 0 heterocycles. The number of benzene rings is 1. The molecule has 1 rings (SSSR count). The second kappa shape index (κ2) is 6.84. The maximum absolute atomic E-state index is 10.6. The van der Waals surface area contributed by atoms with E-state index in [1.54, 1.807) is 0 Å². The molecule has 1 aromatic carbocycles. The lowest BCUT2D eigenvalue weighted by Crippen LogP contribution is -2.30. The van der Waals surface area contributed by atoms with Crippen LogP contribution in [0.5, 0.6) is 0 Å². The van der Waals surface area contributed by atoms with Gasteiger partial charge in [0.25, 0.3) is 0 Å². The third-order valence-corrected chi connectivity index (χ3v) is 2.05. The van der Waals surface area contributed by atoms with Crippen molar-refractivity contribution in [3.63, 3.8) is 0 Å². The zero-order chi connectivity index (χ0) is 10.9. The molecule has 0 aromatic heterocycles. The average molecular weight is 208 g/mol. The van der Waals surface area contributed by atoms with Crippen LogP contribution in [0.4, 0.5) is 4.79 Å². The standard InChI is InChI=1S/C11H16N2O2/c12-13-11(14)15-9-5-4-8-10-6-2-1-3-7-10/h1-3,6-7H,4-5,8-9,12H2,(H,13,14). The summed E-state index contributed by atoms with van der Waals surface area (Å²) in [5, 5.41) is 0. The molecular formula is C11H16N2O2. The topological polar surface area (TPSA) is 64.3 Å². The number of nitrogens with two attached hydrogens (primary N) is 1. The number of aryl methyl sites for hydroxylation is 1. The summed E-state index contributed by atoms with van der Waals surface area (Å²) in [7, 11) is 0. The molecule has 15 heavy (non-hydrogen) atoms. The monoisotopic (exact) mass is 208 g/mol. The van der Waals surface area contributed by atoms with Gasteiger partial charge in [-0.1, -0.05) is 30.3 Å². The molecule has 0 radical (unpaired) electrons. The van der Waals surface area contributed by atoms with Gasteiger partial charge < -0.3 is 4.74 Å². The van der Waals surface area contributed by atoms with Crippen molar-refractivity contribution in [1.82, 2.24) is 5.43 Å². The van der Waals surface area contributed by atoms with E-state index in [0.717, 1.165) is 19.3 Å². The molecule has 3 N–H and O–H groups in total.